The summed E-state index contributed by atoms with van der Waals surface area (Å²) >= 11 is 0. The minimum atomic E-state index is 0.336. The lowest BCUT2D eigenvalue weighted by atomic mass is 10.1. The predicted octanol–water partition coefficient (Wildman–Crippen LogP) is 1.20. The van der Waals surface area contributed by atoms with E-state index in [0.29, 0.717) is 6.10 Å². The van der Waals surface area contributed by atoms with E-state index < -0.39 is 0 Å². The van der Waals surface area contributed by atoms with Gasteiger partial charge in [-0.3, -0.25) is 4.98 Å². The van der Waals surface area contributed by atoms with Gasteiger partial charge < -0.3 is 15.0 Å². The lowest BCUT2D eigenvalue weighted by Gasteiger charge is -2.33. The maximum absolute atomic E-state index is 5.70. The Balaban J connectivity index is 1.97. The third kappa shape index (κ3) is 3.40. The highest BCUT2D eigenvalue weighted by Crippen LogP contribution is 2.18. The summed E-state index contributed by atoms with van der Waals surface area (Å²) in [6.07, 6.45) is 6.35. The first kappa shape index (κ1) is 13.2. The second-order valence-electron chi connectivity index (χ2n) is 4.56. The second kappa shape index (κ2) is 6.66. The molecular formula is C13H22N4O. The van der Waals surface area contributed by atoms with Crippen LogP contribution in [-0.2, 0) is 11.3 Å². The monoisotopic (exact) mass is 250 g/mol. The van der Waals surface area contributed by atoms with Crippen molar-refractivity contribution < 1.29 is 4.74 Å². The number of hydrogen-bond acceptors (Lipinski definition) is 5. The van der Waals surface area contributed by atoms with E-state index in [9.17, 15) is 0 Å². The molecule has 1 aliphatic heterocycles. The van der Waals surface area contributed by atoms with Crippen LogP contribution in [0.4, 0.5) is 5.82 Å². The van der Waals surface area contributed by atoms with Gasteiger partial charge in [-0.25, -0.2) is 4.98 Å². The number of ether oxygens (including phenoxy) is 1. The van der Waals surface area contributed by atoms with Crippen LogP contribution in [0.25, 0.3) is 0 Å². The second-order valence-corrected chi connectivity index (χ2v) is 4.56. The van der Waals surface area contributed by atoms with Gasteiger partial charge in [-0.05, 0) is 26.8 Å². The summed E-state index contributed by atoms with van der Waals surface area (Å²) in [5.41, 5.74) is 0.972. The van der Waals surface area contributed by atoms with Crippen molar-refractivity contribution in [1.82, 2.24) is 15.3 Å². The van der Waals surface area contributed by atoms with Crippen molar-refractivity contribution in [3.8, 4) is 0 Å². The normalized spacial score (nSPS) is 20.1. The highest BCUT2D eigenvalue weighted by atomic mass is 16.5. The Morgan fingerprint density at radius 3 is 3.00 bits per heavy atom. The third-order valence-corrected chi connectivity index (χ3v) is 3.15. The first-order valence-corrected chi connectivity index (χ1v) is 6.65. The average Bonchev–Trinajstić information content (AvgIpc) is 2.41. The minimum absolute atomic E-state index is 0.336. The first-order chi connectivity index (χ1) is 8.83. The lowest BCUT2D eigenvalue weighted by Crippen LogP contribution is -2.40. The molecule has 2 rings (SSSR count). The molecule has 0 bridgehead atoms. The van der Waals surface area contributed by atoms with Crippen LogP contribution < -0.4 is 10.2 Å². The lowest BCUT2D eigenvalue weighted by molar-refractivity contribution is 0.0525. The van der Waals surface area contributed by atoms with E-state index in [0.717, 1.165) is 50.6 Å². The minimum Gasteiger partial charge on any atom is -0.377 e. The van der Waals surface area contributed by atoms with Gasteiger partial charge in [0.1, 0.15) is 5.82 Å². The standard InChI is InChI=1S/C13H22N4O/c1-3-18-12-5-4-6-17(10-12)13-9-15-11(7-14-2)8-16-13/h8-9,12,14H,3-7,10H2,1-2H3. The molecule has 18 heavy (non-hydrogen) atoms. The molecule has 0 aromatic carbocycles. The van der Waals surface area contributed by atoms with E-state index >= 15 is 0 Å². The summed E-state index contributed by atoms with van der Waals surface area (Å²) in [5, 5.41) is 3.07. The molecular weight excluding hydrogens is 228 g/mol. The molecule has 1 fully saturated rings. The van der Waals surface area contributed by atoms with Crippen molar-refractivity contribution in [1.29, 1.82) is 0 Å². The molecule has 1 aromatic rings. The number of nitrogens with zero attached hydrogens (tertiary/aromatic N) is 3. The van der Waals surface area contributed by atoms with E-state index in [1.54, 1.807) is 0 Å². The molecule has 5 nitrogen and oxygen atoms in total. The molecule has 1 aromatic heterocycles. The molecule has 1 unspecified atom stereocenters. The molecule has 2 heterocycles. The smallest absolute Gasteiger partial charge is 0.147 e. The Kier molecular flexibility index (Phi) is 4.90. The molecule has 0 amide bonds. The summed E-state index contributed by atoms with van der Waals surface area (Å²) in [7, 11) is 1.91. The van der Waals surface area contributed by atoms with E-state index in [1.807, 2.05) is 26.4 Å². The van der Waals surface area contributed by atoms with Gasteiger partial charge >= 0.3 is 0 Å². The third-order valence-electron chi connectivity index (χ3n) is 3.15. The molecule has 1 aliphatic rings. The summed E-state index contributed by atoms with van der Waals surface area (Å²) in [5.74, 6) is 0.958. The van der Waals surface area contributed by atoms with Crippen molar-refractivity contribution in [2.24, 2.45) is 0 Å². The van der Waals surface area contributed by atoms with Crippen molar-refractivity contribution in [2.75, 3.05) is 31.6 Å². The van der Waals surface area contributed by atoms with Crippen molar-refractivity contribution >= 4 is 5.82 Å². The molecule has 5 heteroatoms. The van der Waals surface area contributed by atoms with Crippen LogP contribution in [-0.4, -0.2) is 42.8 Å². The summed E-state index contributed by atoms with van der Waals surface area (Å²) in [6.45, 7) is 5.56. The van der Waals surface area contributed by atoms with Crippen molar-refractivity contribution in [3.05, 3.63) is 18.1 Å². The van der Waals surface area contributed by atoms with Crippen LogP contribution >= 0.6 is 0 Å². The molecule has 1 saturated heterocycles. The molecule has 0 saturated carbocycles. The maximum Gasteiger partial charge on any atom is 0.147 e. The Morgan fingerprint density at radius 2 is 2.33 bits per heavy atom. The highest BCUT2D eigenvalue weighted by Gasteiger charge is 2.21. The molecule has 1 atom stereocenters. The van der Waals surface area contributed by atoms with Gasteiger partial charge in [0.2, 0.25) is 0 Å². The Labute approximate surface area is 109 Å². The first-order valence-electron chi connectivity index (χ1n) is 6.65. The predicted molar refractivity (Wildman–Crippen MR) is 71.7 cm³/mol. The van der Waals surface area contributed by atoms with Gasteiger partial charge in [0.05, 0.1) is 24.2 Å². The van der Waals surface area contributed by atoms with E-state index in [4.69, 9.17) is 4.74 Å². The number of rotatable bonds is 5. The number of piperidine rings is 1. The van der Waals surface area contributed by atoms with Gasteiger partial charge in [-0.1, -0.05) is 0 Å². The van der Waals surface area contributed by atoms with Crippen LogP contribution in [0.5, 0.6) is 0 Å². The highest BCUT2D eigenvalue weighted by molar-refractivity contribution is 5.36. The van der Waals surface area contributed by atoms with Gasteiger partial charge in [-0.2, -0.15) is 0 Å². The number of anilines is 1. The van der Waals surface area contributed by atoms with Crippen LogP contribution in [0.1, 0.15) is 25.5 Å². The van der Waals surface area contributed by atoms with Gasteiger partial charge in [-0.15, -0.1) is 0 Å². The fourth-order valence-corrected chi connectivity index (χ4v) is 2.30. The topological polar surface area (TPSA) is 50.3 Å². The molecule has 0 spiro atoms. The fraction of sp³-hybridized carbons (Fsp3) is 0.692. The number of aromatic nitrogens is 2. The largest absolute Gasteiger partial charge is 0.377 e. The Bertz CT molecular complexity index is 353. The Morgan fingerprint density at radius 1 is 1.44 bits per heavy atom. The van der Waals surface area contributed by atoms with Gasteiger partial charge in [0, 0.05) is 26.2 Å². The van der Waals surface area contributed by atoms with Crippen LogP contribution in [0, 0.1) is 0 Å². The van der Waals surface area contributed by atoms with Crippen LogP contribution in [0.2, 0.25) is 0 Å². The summed E-state index contributed by atoms with van der Waals surface area (Å²) in [6, 6.07) is 0. The number of nitrogens with one attached hydrogen (secondary N) is 1. The average molecular weight is 250 g/mol. The summed E-state index contributed by atoms with van der Waals surface area (Å²) in [4.78, 5) is 11.2. The molecule has 1 N–H and O–H groups in total. The quantitative estimate of drug-likeness (QED) is 0.851. The van der Waals surface area contributed by atoms with Crippen LogP contribution in [0.15, 0.2) is 12.4 Å². The molecule has 0 aliphatic carbocycles. The van der Waals surface area contributed by atoms with E-state index in [-0.39, 0.29) is 0 Å². The van der Waals surface area contributed by atoms with Gasteiger partial charge in [0.25, 0.3) is 0 Å². The van der Waals surface area contributed by atoms with Crippen molar-refractivity contribution in [3.63, 3.8) is 0 Å². The maximum atomic E-state index is 5.70. The van der Waals surface area contributed by atoms with E-state index in [1.165, 1.54) is 0 Å². The fourth-order valence-electron chi connectivity index (χ4n) is 2.30. The SMILES string of the molecule is CCOC1CCCN(c2cnc(CNC)cn2)C1. The zero-order chi connectivity index (χ0) is 12.8. The van der Waals surface area contributed by atoms with Crippen LogP contribution in [0.3, 0.4) is 0 Å². The zero-order valence-corrected chi connectivity index (χ0v) is 11.2. The van der Waals surface area contributed by atoms with E-state index in [2.05, 4.69) is 20.2 Å². The molecule has 100 valence electrons. The zero-order valence-electron chi connectivity index (χ0n) is 11.2. The van der Waals surface area contributed by atoms with Gasteiger partial charge in [0.15, 0.2) is 0 Å². The Hall–Kier alpha value is -1.20. The number of hydrogen-bond donors (Lipinski definition) is 1. The molecule has 0 radical (unpaired) electrons. The summed E-state index contributed by atoms with van der Waals surface area (Å²) < 4.78 is 5.70. The van der Waals surface area contributed by atoms with Crippen molar-refractivity contribution in [2.45, 2.75) is 32.4 Å².